The van der Waals surface area contributed by atoms with Crippen molar-refractivity contribution in [3.05, 3.63) is 40.4 Å². The van der Waals surface area contributed by atoms with Crippen LogP contribution in [0.1, 0.15) is 44.1 Å². The average Bonchev–Trinajstić information content (AvgIpc) is 3.68. The Morgan fingerprint density at radius 2 is 1.87 bits per heavy atom. The molecule has 5 fully saturated rings. The van der Waals surface area contributed by atoms with Crippen molar-refractivity contribution in [3.8, 4) is 23.2 Å². The van der Waals surface area contributed by atoms with Crippen LogP contribution in [-0.2, 0) is 0 Å². The number of nitrogen functional groups attached to an aromatic ring is 1. The standard InChI is InChI=1S/C37H37ClF4N8O2S/c38-25-10-23-30(29(42)28(25)22-4-5-26(41)31-27(22)24(12-43)32(44)53-31)45-34(52-19-37-7-3-9-50(37)15-20(39)11-37)46-33(23)47-8-2-1-6-36(16-47)17-49(18-36)35(51)48-13-21(40)14-48/h4-5,10,20-21H,1-3,6-9,11,13-19,44H2/t20-,37+/m1/s1. The molecule has 0 bridgehead atoms. The van der Waals surface area contributed by atoms with Gasteiger partial charge in [-0.15, -0.1) is 11.3 Å². The number of rotatable bonds is 5. The highest BCUT2D eigenvalue weighted by Crippen LogP contribution is 2.47. The summed E-state index contributed by atoms with van der Waals surface area (Å²) in [6.07, 6.45) is 2.68. The first-order chi connectivity index (χ1) is 25.5. The number of anilines is 2. The number of hydrogen-bond acceptors (Lipinski definition) is 9. The molecule has 5 saturated heterocycles. The molecular weight excluding hydrogens is 732 g/mol. The number of carbonyl (C=O) groups excluding carboxylic acids is 1. The Hall–Kier alpha value is -4.13. The second kappa shape index (κ2) is 12.7. The Bertz CT molecular complexity index is 2210. The zero-order valence-electron chi connectivity index (χ0n) is 28.8. The van der Waals surface area contributed by atoms with E-state index in [0.717, 1.165) is 50.0 Å². The molecule has 2 amide bonds. The number of nitriles is 1. The molecule has 2 aromatic carbocycles. The minimum atomic E-state index is -0.980. The number of alkyl halides is 2. The molecule has 2 atom stereocenters. The van der Waals surface area contributed by atoms with Crippen molar-refractivity contribution < 1.29 is 27.1 Å². The van der Waals surface area contributed by atoms with E-state index in [1.807, 2.05) is 6.07 Å². The Labute approximate surface area is 312 Å². The molecule has 16 heteroatoms. The van der Waals surface area contributed by atoms with Gasteiger partial charge in [-0.05, 0) is 49.9 Å². The van der Waals surface area contributed by atoms with Crippen LogP contribution in [-0.4, -0.2) is 108 Å². The van der Waals surface area contributed by atoms with E-state index in [2.05, 4.69) is 14.8 Å². The van der Waals surface area contributed by atoms with Crippen molar-refractivity contribution in [2.24, 2.45) is 5.41 Å². The molecule has 2 aromatic heterocycles. The molecule has 5 aliphatic heterocycles. The molecule has 1 spiro atoms. The van der Waals surface area contributed by atoms with Crippen molar-refractivity contribution in [2.75, 3.05) is 69.6 Å². The number of halogens is 5. The monoisotopic (exact) mass is 768 g/mol. The number of hydrogen-bond donors (Lipinski definition) is 1. The SMILES string of the molecule is N#Cc1c(N)sc2c(F)ccc(-c3c(Cl)cc4c(N5CCCCC6(CN(C(=O)N7CC(F)C7)C6)C5)nc(OC[C@@]56CCCN5C[C@H](F)C6)nc4c3F)c12. The van der Waals surface area contributed by atoms with Gasteiger partial charge in [0.2, 0.25) is 0 Å². The summed E-state index contributed by atoms with van der Waals surface area (Å²) in [5.41, 5.74) is 5.46. The first kappa shape index (κ1) is 34.6. The van der Waals surface area contributed by atoms with Gasteiger partial charge in [-0.3, -0.25) is 4.90 Å². The number of carbonyl (C=O) groups is 1. The van der Waals surface area contributed by atoms with Crippen LogP contribution in [0.3, 0.4) is 0 Å². The number of likely N-dealkylation sites (tertiary alicyclic amines) is 2. The maximum atomic E-state index is 17.2. The maximum absolute atomic E-state index is 17.2. The fraction of sp³-hybridized carbons (Fsp3) is 0.514. The maximum Gasteiger partial charge on any atom is 0.320 e. The van der Waals surface area contributed by atoms with Crippen molar-refractivity contribution >= 4 is 60.8 Å². The fourth-order valence-corrected chi connectivity index (χ4v) is 10.6. The van der Waals surface area contributed by atoms with Gasteiger partial charge in [0.05, 0.1) is 33.9 Å². The van der Waals surface area contributed by atoms with Crippen LogP contribution < -0.4 is 15.4 Å². The molecule has 0 unspecified atom stereocenters. The van der Waals surface area contributed by atoms with Crippen molar-refractivity contribution in [1.82, 2.24) is 24.7 Å². The topological polar surface area (TPSA) is 115 Å². The van der Waals surface area contributed by atoms with Gasteiger partial charge >= 0.3 is 12.0 Å². The third kappa shape index (κ3) is 5.62. The molecule has 9 rings (SSSR count). The first-order valence-electron chi connectivity index (χ1n) is 18.0. The zero-order valence-corrected chi connectivity index (χ0v) is 30.4. The lowest BCUT2D eigenvalue weighted by Crippen LogP contribution is -2.67. The molecule has 0 radical (unpaired) electrons. The minimum Gasteiger partial charge on any atom is -0.461 e. The molecule has 4 aromatic rings. The number of nitrogens with two attached hydrogens (primary N) is 1. The van der Waals surface area contributed by atoms with E-state index in [0.29, 0.717) is 50.3 Å². The molecule has 278 valence electrons. The van der Waals surface area contributed by atoms with Crippen LogP contribution >= 0.6 is 22.9 Å². The van der Waals surface area contributed by atoms with Crippen molar-refractivity contribution in [1.29, 1.82) is 5.26 Å². The second-order valence-electron chi connectivity index (χ2n) is 15.4. The van der Waals surface area contributed by atoms with E-state index in [1.165, 1.54) is 17.0 Å². The predicted molar refractivity (Wildman–Crippen MR) is 195 cm³/mol. The number of thiophene rings is 1. The molecule has 53 heavy (non-hydrogen) atoms. The lowest BCUT2D eigenvalue weighted by Gasteiger charge is -2.53. The van der Waals surface area contributed by atoms with E-state index >= 15 is 4.39 Å². The number of nitrogens with zero attached hydrogens (tertiary/aromatic N) is 7. The molecular formula is C37H37ClF4N8O2S. The molecule has 2 N–H and O–H groups in total. The second-order valence-corrected chi connectivity index (χ2v) is 16.9. The van der Waals surface area contributed by atoms with Gasteiger partial charge in [0.1, 0.15) is 47.2 Å². The molecule has 10 nitrogen and oxygen atoms in total. The van der Waals surface area contributed by atoms with E-state index in [4.69, 9.17) is 27.1 Å². The summed E-state index contributed by atoms with van der Waals surface area (Å²) in [6, 6.07) is 5.99. The highest BCUT2D eigenvalue weighted by Gasteiger charge is 2.51. The Balaban J connectivity index is 1.13. The minimum absolute atomic E-state index is 0.0150. The Kier molecular flexibility index (Phi) is 8.32. The van der Waals surface area contributed by atoms with E-state index in [9.17, 15) is 23.2 Å². The largest absolute Gasteiger partial charge is 0.461 e. The number of urea groups is 1. The fourth-order valence-electron chi connectivity index (χ4n) is 9.35. The summed E-state index contributed by atoms with van der Waals surface area (Å²) in [5.74, 6) is -0.965. The number of benzene rings is 2. The van der Waals surface area contributed by atoms with Crippen LogP contribution in [0.5, 0.6) is 6.01 Å². The molecule has 5 aliphatic rings. The van der Waals surface area contributed by atoms with Crippen molar-refractivity contribution in [2.45, 2.75) is 56.4 Å². The van der Waals surface area contributed by atoms with Crippen molar-refractivity contribution in [3.63, 3.8) is 0 Å². The molecule has 0 saturated carbocycles. The van der Waals surface area contributed by atoms with Crippen LogP contribution in [0.4, 0.5) is 33.2 Å². The van der Waals surface area contributed by atoms with Crippen LogP contribution in [0.2, 0.25) is 5.02 Å². The van der Waals surface area contributed by atoms with E-state index < -0.39 is 29.5 Å². The Morgan fingerprint density at radius 1 is 1.06 bits per heavy atom. The van der Waals surface area contributed by atoms with E-state index in [1.54, 1.807) is 11.0 Å². The quantitative estimate of drug-likeness (QED) is 0.218. The first-order valence-corrected chi connectivity index (χ1v) is 19.2. The van der Waals surface area contributed by atoms with Gasteiger partial charge in [0, 0.05) is 60.9 Å². The highest BCUT2D eigenvalue weighted by atomic mass is 35.5. The van der Waals surface area contributed by atoms with E-state index in [-0.39, 0.29) is 79.5 Å². The van der Waals surface area contributed by atoms with Crippen LogP contribution in [0.15, 0.2) is 18.2 Å². The van der Waals surface area contributed by atoms with Gasteiger partial charge in [0.15, 0.2) is 5.82 Å². The number of fused-ring (bicyclic) bond motifs is 3. The smallest absolute Gasteiger partial charge is 0.320 e. The summed E-state index contributed by atoms with van der Waals surface area (Å²) in [7, 11) is 0. The highest BCUT2D eigenvalue weighted by molar-refractivity contribution is 7.23. The number of aromatic nitrogens is 2. The lowest BCUT2D eigenvalue weighted by atomic mass is 9.76. The van der Waals surface area contributed by atoms with Crippen LogP contribution in [0.25, 0.3) is 32.1 Å². The molecule has 7 heterocycles. The van der Waals surface area contributed by atoms with Gasteiger partial charge in [-0.25, -0.2) is 22.4 Å². The summed E-state index contributed by atoms with van der Waals surface area (Å²) < 4.78 is 66.8. The predicted octanol–water partition coefficient (Wildman–Crippen LogP) is 6.92. The third-order valence-electron chi connectivity index (χ3n) is 11.9. The summed E-state index contributed by atoms with van der Waals surface area (Å²) in [6.45, 7) is 3.62. The third-order valence-corrected chi connectivity index (χ3v) is 13.2. The normalized spacial score (nSPS) is 24.4. The summed E-state index contributed by atoms with van der Waals surface area (Å²) in [4.78, 5) is 30.0. The van der Waals surface area contributed by atoms with Gasteiger partial charge in [0.25, 0.3) is 0 Å². The van der Waals surface area contributed by atoms with Gasteiger partial charge in [-0.2, -0.15) is 15.2 Å². The molecule has 0 aliphatic carbocycles. The zero-order chi connectivity index (χ0) is 36.8. The van der Waals surface area contributed by atoms with Crippen LogP contribution in [0, 0.1) is 28.4 Å². The summed E-state index contributed by atoms with van der Waals surface area (Å²) >= 11 is 7.84. The van der Waals surface area contributed by atoms with Gasteiger partial charge < -0.3 is 25.2 Å². The van der Waals surface area contributed by atoms with Gasteiger partial charge in [-0.1, -0.05) is 24.1 Å². The summed E-state index contributed by atoms with van der Waals surface area (Å²) in [5, 5.41) is 10.6. The lowest BCUT2D eigenvalue weighted by molar-refractivity contribution is -0.00339. The Morgan fingerprint density at radius 3 is 2.64 bits per heavy atom. The average molecular weight is 769 g/mol. The number of ether oxygens (including phenoxy) is 1. The number of amides is 2.